The second-order valence-electron chi connectivity index (χ2n) is 3.86. The minimum Gasteiger partial charge on any atom is -0.298 e. The zero-order valence-electron chi connectivity index (χ0n) is 9.40. The number of hydrogen-bond donors (Lipinski definition) is 0. The largest absolute Gasteiger partial charge is 0.298 e. The van der Waals surface area contributed by atoms with E-state index in [-0.39, 0.29) is 0 Å². The fourth-order valence-corrected chi connectivity index (χ4v) is 0.923. The van der Waals surface area contributed by atoms with Crippen molar-refractivity contribution in [3.8, 4) is 0 Å². The topological polar surface area (TPSA) is 17.1 Å². The summed E-state index contributed by atoms with van der Waals surface area (Å²) in [6.07, 6.45) is 3.01. The fourth-order valence-electron chi connectivity index (χ4n) is 0.923. The van der Waals surface area contributed by atoms with Crippen LogP contribution < -0.4 is 0 Å². The second kappa shape index (κ2) is 5.74. The highest BCUT2D eigenvalue weighted by Gasteiger charge is 1.97. The quantitative estimate of drug-likeness (QED) is 0.366. The van der Waals surface area contributed by atoms with E-state index in [0.717, 1.165) is 24.7 Å². The third-order valence-corrected chi connectivity index (χ3v) is 2.58. The first-order chi connectivity index (χ1) is 5.99. The van der Waals surface area contributed by atoms with E-state index in [9.17, 15) is 4.79 Å². The lowest BCUT2D eigenvalue weighted by atomic mass is 10.0. The zero-order valence-corrected chi connectivity index (χ0v) is 9.40. The van der Waals surface area contributed by atoms with Crippen molar-refractivity contribution in [1.82, 2.24) is 0 Å². The van der Waals surface area contributed by atoms with E-state index < -0.39 is 0 Å². The summed E-state index contributed by atoms with van der Waals surface area (Å²) in [6.45, 7) is 10.3. The van der Waals surface area contributed by atoms with Crippen molar-refractivity contribution in [1.29, 1.82) is 0 Å². The van der Waals surface area contributed by atoms with Gasteiger partial charge in [0, 0.05) is 0 Å². The monoisotopic (exact) mass is 180 g/mol. The van der Waals surface area contributed by atoms with Gasteiger partial charge in [0.25, 0.3) is 0 Å². The highest BCUT2D eigenvalue weighted by atomic mass is 16.1. The van der Waals surface area contributed by atoms with Gasteiger partial charge in [0.1, 0.15) is 6.29 Å². The molecule has 13 heavy (non-hydrogen) atoms. The first-order valence-corrected chi connectivity index (χ1v) is 4.73. The van der Waals surface area contributed by atoms with Crippen LogP contribution in [-0.4, -0.2) is 6.29 Å². The Hall–Kier alpha value is -0.850. The summed E-state index contributed by atoms with van der Waals surface area (Å²) in [5.41, 5.74) is 4.90. The van der Waals surface area contributed by atoms with Crippen LogP contribution in [0, 0.1) is 0 Å². The van der Waals surface area contributed by atoms with Crippen molar-refractivity contribution < 1.29 is 4.79 Å². The Morgan fingerprint density at radius 2 is 1.38 bits per heavy atom. The minimum absolute atomic E-state index is 0.876. The van der Waals surface area contributed by atoms with Crippen LogP contribution in [-0.2, 0) is 4.79 Å². The molecule has 0 aromatic heterocycles. The van der Waals surface area contributed by atoms with E-state index in [4.69, 9.17) is 0 Å². The van der Waals surface area contributed by atoms with Gasteiger partial charge in [-0.25, -0.2) is 0 Å². The summed E-state index contributed by atoms with van der Waals surface area (Å²) in [7, 11) is 0. The molecule has 0 aliphatic heterocycles. The average molecular weight is 180 g/mol. The van der Waals surface area contributed by atoms with E-state index in [2.05, 4.69) is 20.8 Å². The van der Waals surface area contributed by atoms with Crippen molar-refractivity contribution in [3.63, 3.8) is 0 Å². The molecule has 0 aliphatic carbocycles. The van der Waals surface area contributed by atoms with Crippen molar-refractivity contribution in [2.45, 2.75) is 47.5 Å². The third-order valence-electron chi connectivity index (χ3n) is 2.58. The lowest BCUT2D eigenvalue weighted by Crippen LogP contribution is -1.88. The van der Waals surface area contributed by atoms with Crippen LogP contribution in [0.5, 0.6) is 0 Å². The second-order valence-corrected chi connectivity index (χ2v) is 3.86. The highest BCUT2D eigenvalue weighted by Crippen LogP contribution is 2.15. The SMILES string of the molecule is CC(C)=C(C)CC/C(C)=C(\C)C=O. The molecule has 0 N–H and O–H groups in total. The molecular formula is C12H20O. The minimum atomic E-state index is 0.876. The lowest BCUT2D eigenvalue weighted by molar-refractivity contribution is -0.104. The molecule has 0 saturated heterocycles. The van der Waals surface area contributed by atoms with E-state index in [1.807, 2.05) is 13.8 Å². The number of rotatable bonds is 4. The molecule has 0 heterocycles. The van der Waals surface area contributed by atoms with Crippen LogP contribution in [0.3, 0.4) is 0 Å². The molecule has 0 unspecified atom stereocenters. The van der Waals surface area contributed by atoms with Crippen LogP contribution in [0.1, 0.15) is 47.5 Å². The first kappa shape index (κ1) is 12.2. The first-order valence-electron chi connectivity index (χ1n) is 4.73. The smallest absolute Gasteiger partial charge is 0.145 e. The van der Waals surface area contributed by atoms with E-state index in [1.54, 1.807) is 0 Å². The standard InChI is InChI=1S/C12H20O/c1-9(2)10(3)6-7-11(4)12(5)8-13/h8H,6-7H2,1-5H3/b12-11+. The van der Waals surface area contributed by atoms with Gasteiger partial charge in [0.2, 0.25) is 0 Å². The van der Waals surface area contributed by atoms with Gasteiger partial charge in [-0.3, -0.25) is 4.79 Å². The normalized spacial score (nSPS) is 12.1. The number of aldehydes is 1. The predicted octanol–water partition coefficient (Wildman–Crippen LogP) is 3.66. The Morgan fingerprint density at radius 3 is 1.77 bits per heavy atom. The van der Waals surface area contributed by atoms with Crippen molar-refractivity contribution >= 4 is 6.29 Å². The molecule has 0 atom stereocenters. The summed E-state index contributed by atoms with van der Waals surface area (Å²) < 4.78 is 0. The molecule has 0 rings (SSSR count). The summed E-state index contributed by atoms with van der Waals surface area (Å²) >= 11 is 0. The van der Waals surface area contributed by atoms with Gasteiger partial charge in [-0.2, -0.15) is 0 Å². The van der Waals surface area contributed by atoms with Gasteiger partial charge in [-0.1, -0.05) is 16.7 Å². The Kier molecular flexibility index (Phi) is 5.36. The molecule has 0 spiro atoms. The number of hydrogen-bond acceptors (Lipinski definition) is 1. The molecular weight excluding hydrogens is 160 g/mol. The maximum Gasteiger partial charge on any atom is 0.145 e. The summed E-state index contributed by atoms with van der Waals surface area (Å²) in [5.74, 6) is 0. The molecule has 0 radical (unpaired) electrons. The van der Waals surface area contributed by atoms with Gasteiger partial charge >= 0.3 is 0 Å². The Morgan fingerprint density at radius 1 is 0.923 bits per heavy atom. The van der Waals surface area contributed by atoms with Crippen molar-refractivity contribution in [3.05, 3.63) is 22.3 Å². The average Bonchev–Trinajstić information content (AvgIpc) is 2.11. The molecule has 74 valence electrons. The lowest BCUT2D eigenvalue weighted by Gasteiger charge is -2.05. The summed E-state index contributed by atoms with van der Waals surface area (Å²) in [6, 6.07) is 0. The third kappa shape index (κ3) is 4.66. The Balaban J connectivity index is 4.20. The molecule has 0 saturated carbocycles. The predicted molar refractivity (Wildman–Crippen MR) is 57.7 cm³/mol. The van der Waals surface area contributed by atoms with E-state index in [1.165, 1.54) is 16.7 Å². The van der Waals surface area contributed by atoms with Crippen molar-refractivity contribution in [2.75, 3.05) is 0 Å². The molecule has 1 nitrogen and oxygen atoms in total. The van der Waals surface area contributed by atoms with Gasteiger partial charge in [0.15, 0.2) is 0 Å². The van der Waals surface area contributed by atoms with Gasteiger partial charge in [0.05, 0.1) is 0 Å². The van der Waals surface area contributed by atoms with Crippen LogP contribution in [0.15, 0.2) is 22.3 Å². The molecule has 0 fully saturated rings. The fraction of sp³-hybridized carbons (Fsp3) is 0.583. The summed E-state index contributed by atoms with van der Waals surface area (Å²) in [4.78, 5) is 10.5. The van der Waals surface area contributed by atoms with E-state index >= 15 is 0 Å². The number of carbonyl (C=O) groups is 1. The van der Waals surface area contributed by atoms with Crippen LogP contribution in [0.25, 0.3) is 0 Å². The molecule has 0 aromatic carbocycles. The number of allylic oxidation sites excluding steroid dienone is 4. The molecule has 0 aromatic rings. The van der Waals surface area contributed by atoms with Crippen LogP contribution in [0.2, 0.25) is 0 Å². The van der Waals surface area contributed by atoms with Gasteiger partial charge < -0.3 is 0 Å². The van der Waals surface area contributed by atoms with Gasteiger partial charge in [-0.05, 0) is 53.0 Å². The molecule has 0 bridgehead atoms. The maximum atomic E-state index is 10.5. The van der Waals surface area contributed by atoms with Crippen LogP contribution >= 0.6 is 0 Å². The van der Waals surface area contributed by atoms with Crippen molar-refractivity contribution in [2.24, 2.45) is 0 Å². The Bertz CT molecular complexity index is 240. The molecule has 0 aliphatic rings. The van der Waals surface area contributed by atoms with Gasteiger partial charge in [-0.15, -0.1) is 0 Å². The molecule has 1 heteroatoms. The maximum absolute atomic E-state index is 10.5. The number of carbonyl (C=O) groups excluding carboxylic acids is 1. The summed E-state index contributed by atoms with van der Waals surface area (Å²) in [5, 5.41) is 0. The van der Waals surface area contributed by atoms with E-state index in [0.29, 0.717) is 0 Å². The molecule has 0 amide bonds. The highest BCUT2D eigenvalue weighted by molar-refractivity contribution is 5.73. The Labute approximate surface area is 81.5 Å². The zero-order chi connectivity index (χ0) is 10.4. The van der Waals surface area contributed by atoms with Crippen LogP contribution in [0.4, 0.5) is 0 Å².